The lowest BCUT2D eigenvalue weighted by Gasteiger charge is -2.43. The van der Waals surface area contributed by atoms with E-state index < -0.39 is 12.2 Å². The molecule has 11 rings (SSSR count). The molecule has 0 spiro atoms. The van der Waals surface area contributed by atoms with Crippen LogP contribution in [0, 0.1) is 12.2 Å². The molecule has 4 nitrogen and oxygen atoms in total. The van der Waals surface area contributed by atoms with Gasteiger partial charge in [0.2, 0.25) is 0 Å². The van der Waals surface area contributed by atoms with Crippen LogP contribution in [-0.2, 0) is 10.8 Å². The molecule has 1 aromatic heterocycles. The normalized spacial score (nSPS) is 15.0. The van der Waals surface area contributed by atoms with Gasteiger partial charge < -0.3 is 4.90 Å². The SMILES string of the molecule is CC1(C)c2cc3c(cc2-c2cc4c5ccccc5c5ccccc5c4cc21)C(C)(C)c1cc2ccccc2cc1N3c1cccc(-c2nc(F)nc(F)n2)c1. The summed E-state index contributed by atoms with van der Waals surface area (Å²) < 4.78 is 28.5. The molecule has 0 unspecified atom stereocenters. The molecule has 0 saturated carbocycles. The Hall–Kier alpha value is -6.53. The molecule has 0 N–H and O–H groups in total. The fraction of sp³-hybridized carbons (Fsp3) is 0.122. The molecule has 9 aromatic rings. The molecule has 2 aliphatic rings. The first-order valence-electron chi connectivity index (χ1n) is 18.7. The van der Waals surface area contributed by atoms with E-state index in [1.54, 1.807) is 6.07 Å². The van der Waals surface area contributed by atoms with Crippen LogP contribution in [0.25, 0.3) is 65.6 Å². The highest BCUT2D eigenvalue weighted by Gasteiger charge is 2.43. The van der Waals surface area contributed by atoms with Crippen molar-refractivity contribution >= 4 is 60.2 Å². The maximum Gasteiger partial charge on any atom is 0.314 e. The Bertz CT molecular complexity index is 3130. The van der Waals surface area contributed by atoms with Gasteiger partial charge in [-0.25, -0.2) is 0 Å². The Labute approximate surface area is 316 Å². The van der Waals surface area contributed by atoms with Crippen LogP contribution < -0.4 is 4.90 Å². The average Bonchev–Trinajstić information content (AvgIpc) is 3.40. The summed E-state index contributed by atoms with van der Waals surface area (Å²) in [4.78, 5) is 13.1. The highest BCUT2D eigenvalue weighted by Crippen LogP contribution is 2.59. The number of fused-ring (bicyclic) bond motifs is 12. The monoisotopic (exact) mass is 716 g/mol. The molecule has 55 heavy (non-hydrogen) atoms. The van der Waals surface area contributed by atoms with Crippen molar-refractivity contribution < 1.29 is 8.78 Å². The summed E-state index contributed by atoms with van der Waals surface area (Å²) in [5, 5.41) is 9.87. The third-order valence-electron chi connectivity index (χ3n) is 12.3. The maximum atomic E-state index is 14.2. The second-order valence-electron chi connectivity index (χ2n) is 16.0. The molecule has 0 bridgehead atoms. The third kappa shape index (κ3) is 4.45. The van der Waals surface area contributed by atoms with Gasteiger partial charge in [-0.2, -0.15) is 23.7 Å². The van der Waals surface area contributed by atoms with Crippen LogP contribution in [0.15, 0.2) is 133 Å². The van der Waals surface area contributed by atoms with Crippen LogP contribution in [-0.4, -0.2) is 15.0 Å². The first-order chi connectivity index (χ1) is 26.6. The summed E-state index contributed by atoms with van der Waals surface area (Å²) in [6.07, 6.45) is -2.30. The zero-order valence-corrected chi connectivity index (χ0v) is 30.7. The molecule has 2 heterocycles. The molecule has 0 radical (unpaired) electrons. The standard InChI is InChI=1S/C49H34F2N4/c1-48(2)39-24-36-34-19-10-8-17-32(34)31-16-7-9-18-33(31)35(36)23-37(39)38-25-42-44(26-40(38)48)55(30-15-11-14-29(20-30)45-52-46(50)54-47(51)53-45)43-22-28-13-6-5-12-27(28)21-41(43)49(42,3)4/h5-26H,1-4H3. The van der Waals surface area contributed by atoms with Gasteiger partial charge in [-0.15, -0.1) is 0 Å². The van der Waals surface area contributed by atoms with E-state index in [0.717, 1.165) is 22.4 Å². The molecule has 6 heteroatoms. The predicted octanol–water partition coefficient (Wildman–Crippen LogP) is 12.8. The molecule has 1 aliphatic carbocycles. The van der Waals surface area contributed by atoms with Gasteiger partial charge in [0, 0.05) is 22.1 Å². The molecule has 0 fully saturated rings. The van der Waals surface area contributed by atoms with Crippen molar-refractivity contribution in [1.29, 1.82) is 0 Å². The highest BCUT2D eigenvalue weighted by molar-refractivity contribution is 6.26. The fourth-order valence-corrected chi connectivity index (χ4v) is 9.56. The quantitative estimate of drug-likeness (QED) is 0.167. The summed E-state index contributed by atoms with van der Waals surface area (Å²) in [6.45, 7) is 9.31. The van der Waals surface area contributed by atoms with E-state index in [4.69, 9.17) is 0 Å². The van der Waals surface area contributed by atoms with Crippen LogP contribution >= 0.6 is 0 Å². The van der Waals surface area contributed by atoms with E-state index in [-0.39, 0.29) is 16.7 Å². The predicted molar refractivity (Wildman–Crippen MR) is 220 cm³/mol. The van der Waals surface area contributed by atoms with Gasteiger partial charge in [-0.3, -0.25) is 0 Å². The number of hydrogen-bond donors (Lipinski definition) is 0. The minimum atomic E-state index is -1.15. The van der Waals surface area contributed by atoms with Gasteiger partial charge in [0.25, 0.3) is 0 Å². The summed E-state index contributed by atoms with van der Waals surface area (Å²) in [6, 6.07) is 47.8. The van der Waals surface area contributed by atoms with Gasteiger partial charge in [0.15, 0.2) is 5.82 Å². The van der Waals surface area contributed by atoms with Crippen molar-refractivity contribution in [2.24, 2.45) is 0 Å². The summed E-state index contributed by atoms with van der Waals surface area (Å²) in [5.74, 6) is -0.0548. The van der Waals surface area contributed by atoms with Crippen molar-refractivity contribution in [3.05, 3.63) is 168 Å². The number of aromatic nitrogens is 3. The van der Waals surface area contributed by atoms with Gasteiger partial charge in [-0.1, -0.05) is 113 Å². The molecule has 1 aliphatic heterocycles. The van der Waals surface area contributed by atoms with E-state index in [1.807, 2.05) is 18.2 Å². The lowest BCUT2D eigenvalue weighted by atomic mass is 9.71. The minimum Gasteiger partial charge on any atom is -0.310 e. The molecule has 264 valence electrons. The van der Waals surface area contributed by atoms with Gasteiger partial charge in [-0.05, 0) is 125 Å². The van der Waals surface area contributed by atoms with Crippen LogP contribution in [0.3, 0.4) is 0 Å². The number of benzene rings is 8. The Kier molecular flexibility index (Phi) is 6.40. The van der Waals surface area contributed by atoms with Crippen molar-refractivity contribution in [2.45, 2.75) is 38.5 Å². The second kappa shape index (κ2) is 11.0. The van der Waals surface area contributed by atoms with Crippen LogP contribution in [0.5, 0.6) is 0 Å². The summed E-state index contributed by atoms with van der Waals surface area (Å²) in [5.41, 5.74) is 10.3. The number of anilines is 3. The topological polar surface area (TPSA) is 41.9 Å². The third-order valence-corrected chi connectivity index (χ3v) is 12.3. The molecular weight excluding hydrogens is 683 g/mol. The zero-order valence-electron chi connectivity index (χ0n) is 30.7. The van der Waals surface area contributed by atoms with Crippen molar-refractivity contribution in [1.82, 2.24) is 15.0 Å². The average molecular weight is 717 g/mol. The first kappa shape index (κ1) is 31.9. The summed E-state index contributed by atoms with van der Waals surface area (Å²) >= 11 is 0. The Balaban J connectivity index is 1.20. The molecule has 0 amide bonds. The van der Waals surface area contributed by atoms with Crippen molar-refractivity contribution in [2.75, 3.05) is 4.90 Å². The number of nitrogens with zero attached hydrogens (tertiary/aromatic N) is 4. The van der Waals surface area contributed by atoms with Gasteiger partial charge >= 0.3 is 12.2 Å². The highest BCUT2D eigenvalue weighted by atomic mass is 19.1. The smallest absolute Gasteiger partial charge is 0.310 e. The number of hydrogen-bond acceptors (Lipinski definition) is 4. The fourth-order valence-electron chi connectivity index (χ4n) is 9.56. The molecule has 8 aromatic carbocycles. The van der Waals surface area contributed by atoms with Crippen molar-refractivity contribution in [3.63, 3.8) is 0 Å². The van der Waals surface area contributed by atoms with Gasteiger partial charge in [0.05, 0.1) is 11.4 Å². The molecular formula is C49H34F2N4. The van der Waals surface area contributed by atoms with E-state index in [1.165, 1.54) is 71.1 Å². The Morgan fingerprint density at radius 2 is 0.945 bits per heavy atom. The van der Waals surface area contributed by atoms with E-state index in [9.17, 15) is 8.78 Å². The Morgan fingerprint density at radius 1 is 0.436 bits per heavy atom. The minimum absolute atomic E-state index is 0.0548. The van der Waals surface area contributed by atoms with E-state index in [2.05, 4.69) is 157 Å². The second-order valence-corrected chi connectivity index (χ2v) is 16.0. The van der Waals surface area contributed by atoms with Gasteiger partial charge in [0.1, 0.15) is 0 Å². The molecule has 0 atom stereocenters. The number of rotatable bonds is 2. The molecule has 0 saturated heterocycles. The summed E-state index contributed by atoms with van der Waals surface area (Å²) in [7, 11) is 0. The number of halogens is 2. The van der Waals surface area contributed by atoms with E-state index in [0.29, 0.717) is 5.56 Å². The van der Waals surface area contributed by atoms with Crippen LogP contribution in [0.1, 0.15) is 49.9 Å². The largest absolute Gasteiger partial charge is 0.314 e. The van der Waals surface area contributed by atoms with Crippen molar-refractivity contribution in [3.8, 4) is 22.5 Å². The van der Waals surface area contributed by atoms with Crippen LogP contribution in [0.2, 0.25) is 0 Å². The first-order valence-corrected chi connectivity index (χ1v) is 18.7. The van der Waals surface area contributed by atoms with E-state index >= 15 is 0 Å². The lowest BCUT2D eigenvalue weighted by Crippen LogP contribution is -2.31. The Morgan fingerprint density at radius 3 is 1.62 bits per heavy atom. The van der Waals surface area contributed by atoms with Crippen LogP contribution in [0.4, 0.5) is 25.8 Å². The lowest BCUT2D eigenvalue weighted by molar-refractivity contribution is 0.457. The maximum absolute atomic E-state index is 14.2. The zero-order chi connectivity index (χ0) is 37.4.